The Morgan fingerprint density at radius 3 is 2.84 bits per heavy atom. The van der Waals surface area contributed by atoms with Crippen LogP contribution in [0.3, 0.4) is 0 Å². The van der Waals surface area contributed by atoms with Crippen molar-refractivity contribution in [2.24, 2.45) is 0 Å². The Morgan fingerprint density at radius 1 is 1.20 bits per heavy atom. The van der Waals surface area contributed by atoms with E-state index in [-0.39, 0.29) is 6.10 Å². The molecule has 130 valence electrons. The minimum atomic E-state index is -4.41. The zero-order chi connectivity index (χ0) is 17.4. The molecule has 0 saturated carbocycles. The van der Waals surface area contributed by atoms with E-state index in [4.69, 9.17) is 4.74 Å². The summed E-state index contributed by atoms with van der Waals surface area (Å²) >= 11 is 0. The molecule has 4 rings (SSSR count). The Balaban J connectivity index is 1.76. The number of imidazole rings is 1. The predicted octanol–water partition coefficient (Wildman–Crippen LogP) is 3.08. The molecule has 8 heteroatoms. The van der Waals surface area contributed by atoms with Gasteiger partial charge in [-0.25, -0.2) is 9.97 Å². The smallest absolute Gasteiger partial charge is 0.369 e. The van der Waals surface area contributed by atoms with Crippen LogP contribution in [0, 0.1) is 0 Å². The molecular formula is C17H15F3N4O. The summed E-state index contributed by atoms with van der Waals surface area (Å²) in [5, 5.41) is 3.23. The molecule has 0 bridgehead atoms. The van der Waals surface area contributed by atoms with Crippen LogP contribution < -0.4 is 5.32 Å². The molecule has 1 saturated heterocycles. The Hall–Kier alpha value is -2.45. The SMILES string of the molecule is FC(F)(F)c1ccc2ncc(-c3cccc(C4CNCCO4)n3)n2c1. The van der Waals surface area contributed by atoms with Crippen molar-refractivity contribution in [1.82, 2.24) is 19.7 Å². The zero-order valence-corrected chi connectivity index (χ0v) is 13.1. The maximum Gasteiger partial charge on any atom is 0.417 e. The summed E-state index contributed by atoms with van der Waals surface area (Å²) < 4.78 is 46.1. The van der Waals surface area contributed by atoms with Crippen LogP contribution in [0.4, 0.5) is 13.2 Å². The quantitative estimate of drug-likeness (QED) is 0.773. The third-order valence-electron chi connectivity index (χ3n) is 4.12. The summed E-state index contributed by atoms with van der Waals surface area (Å²) in [5.74, 6) is 0. The number of hydrogen-bond donors (Lipinski definition) is 1. The summed E-state index contributed by atoms with van der Waals surface area (Å²) in [6.07, 6.45) is -2.00. The molecule has 0 amide bonds. The third kappa shape index (κ3) is 3.10. The molecule has 4 heterocycles. The highest BCUT2D eigenvalue weighted by Gasteiger charge is 2.31. The lowest BCUT2D eigenvalue weighted by molar-refractivity contribution is -0.137. The first-order valence-electron chi connectivity index (χ1n) is 7.86. The van der Waals surface area contributed by atoms with Gasteiger partial charge in [-0.05, 0) is 24.3 Å². The summed E-state index contributed by atoms with van der Waals surface area (Å²) in [6.45, 7) is 2.05. The Morgan fingerprint density at radius 2 is 2.08 bits per heavy atom. The van der Waals surface area contributed by atoms with E-state index in [1.54, 1.807) is 6.07 Å². The summed E-state index contributed by atoms with van der Waals surface area (Å²) in [4.78, 5) is 8.75. The Bertz CT molecular complexity index is 900. The molecule has 3 aromatic rings. The van der Waals surface area contributed by atoms with Gasteiger partial charge in [0.25, 0.3) is 0 Å². The van der Waals surface area contributed by atoms with Crippen molar-refractivity contribution in [3.8, 4) is 11.4 Å². The van der Waals surface area contributed by atoms with Gasteiger partial charge in [0.1, 0.15) is 11.8 Å². The van der Waals surface area contributed by atoms with Crippen molar-refractivity contribution in [3.63, 3.8) is 0 Å². The van der Waals surface area contributed by atoms with E-state index in [0.29, 0.717) is 30.2 Å². The molecule has 0 aromatic carbocycles. The van der Waals surface area contributed by atoms with Crippen molar-refractivity contribution in [2.75, 3.05) is 19.7 Å². The largest absolute Gasteiger partial charge is 0.417 e. The van der Waals surface area contributed by atoms with Crippen molar-refractivity contribution < 1.29 is 17.9 Å². The van der Waals surface area contributed by atoms with Crippen LogP contribution >= 0.6 is 0 Å². The van der Waals surface area contributed by atoms with Crippen molar-refractivity contribution in [2.45, 2.75) is 12.3 Å². The molecule has 1 N–H and O–H groups in total. The van der Waals surface area contributed by atoms with E-state index < -0.39 is 11.7 Å². The van der Waals surface area contributed by atoms with E-state index in [1.807, 2.05) is 12.1 Å². The van der Waals surface area contributed by atoms with Gasteiger partial charge in [0, 0.05) is 19.3 Å². The highest BCUT2D eigenvalue weighted by molar-refractivity contribution is 5.60. The molecule has 3 aromatic heterocycles. The van der Waals surface area contributed by atoms with Gasteiger partial charge in [-0.15, -0.1) is 0 Å². The molecule has 5 nitrogen and oxygen atoms in total. The molecule has 1 fully saturated rings. The van der Waals surface area contributed by atoms with Crippen LogP contribution in [0.2, 0.25) is 0 Å². The molecule has 1 aliphatic rings. The number of aromatic nitrogens is 3. The number of halogens is 3. The average molecular weight is 348 g/mol. The Labute approximate surface area is 141 Å². The predicted molar refractivity (Wildman–Crippen MR) is 85.0 cm³/mol. The lowest BCUT2D eigenvalue weighted by atomic mass is 10.1. The molecule has 1 unspecified atom stereocenters. The van der Waals surface area contributed by atoms with Gasteiger partial charge in [-0.3, -0.25) is 4.40 Å². The van der Waals surface area contributed by atoms with E-state index in [2.05, 4.69) is 15.3 Å². The first-order valence-corrected chi connectivity index (χ1v) is 7.86. The first kappa shape index (κ1) is 16.0. The van der Waals surface area contributed by atoms with E-state index in [9.17, 15) is 13.2 Å². The summed E-state index contributed by atoms with van der Waals surface area (Å²) in [6, 6.07) is 7.81. The summed E-state index contributed by atoms with van der Waals surface area (Å²) in [7, 11) is 0. The monoisotopic (exact) mass is 348 g/mol. The van der Waals surface area contributed by atoms with Gasteiger partial charge in [-0.1, -0.05) is 6.07 Å². The normalized spacial score (nSPS) is 18.6. The number of morpholine rings is 1. The topological polar surface area (TPSA) is 51.5 Å². The standard InChI is InChI=1S/C17H15F3N4O/c18-17(19,20)11-4-5-16-22-8-14(24(16)10-11)12-2-1-3-13(23-12)15-9-21-6-7-25-15/h1-5,8,10,15,21H,6-7,9H2. The molecule has 25 heavy (non-hydrogen) atoms. The number of hydrogen-bond acceptors (Lipinski definition) is 4. The Kier molecular flexibility index (Phi) is 3.93. The molecule has 0 radical (unpaired) electrons. The fraction of sp³-hybridized carbons (Fsp3) is 0.294. The van der Waals surface area contributed by atoms with Crippen molar-refractivity contribution in [1.29, 1.82) is 0 Å². The third-order valence-corrected chi connectivity index (χ3v) is 4.12. The van der Waals surface area contributed by atoms with E-state index >= 15 is 0 Å². The number of nitrogens with zero attached hydrogens (tertiary/aromatic N) is 3. The first-order chi connectivity index (χ1) is 12.0. The van der Waals surface area contributed by atoms with Crippen LogP contribution in [-0.2, 0) is 10.9 Å². The van der Waals surface area contributed by atoms with Gasteiger partial charge < -0.3 is 10.1 Å². The number of fused-ring (bicyclic) bond motifs is 1. The van der Waals surface area contributed by atoms with Crippen LogP contribution in [0.5, 0.6) is 0 Å². The van der Waals surface area contributed by atoms with E-state index in [1.165, 1.54) is 16.7 Å². The number of pyridine rings is 2. The van der Waals surface area contributed by atoms with Gasteiger partial charge >= 0.3 is 6.18 Å². The van der Waals surface area contributed by atoms with Crippen LogP contribution in [-0.4, -0.2) is 34.1 Å². The van der Waals surface area contributed by atoms with Gasteiger partial charge in [0.15, 0.2) is 0 Å². The van der Waals surface area contributed by atoms with Crippen LogP contribution in [0.1, 0.15) is 17.4 Å². The zero-order valence-electron chi connectivity index (χ0n) is 13.1. The molecule has 1 aliphatic heterocycles. The van der Waals surface area contributed by atoms with E-state index in [0.717, 1.165) is 24.5 Å². The molecule has 1 atom stereocenters. The number of alkyl halides is 3. The second-order valence-electron chi connectivity index (χ2n) is 5.80. The molecule has 0 aliphatic carbocycles. The fourth-order valence-electron chi connectivity index (χ4n) is 2.87. The molecular weight excluding hydrogens is 333 g/mol. The van der Waals surface area contributed by atoms with Crippen LogP contribution in [0.25, 0.3) is 17.0 Å². The number of rotatable bonds is 2. The maximum atomic E-state index is 13.0. The minimum Gasteiger partial charge on any atom is -0.369 e. The summed E-state index contributed by atoms with van der Waals surface area (Å²) in [5.41, 5.74) is 1.51. The van der Waals surface area contributed by atoms with Gasteiger partial charge in [0.2, 0.25) is 0 Å². The average Bonchev–Trinajstić information content (AvgIpc) is 3.05. The lowest BCUT2D eigenvalue weighted by Gasteiger charge is -2.23. The minimum absolute atomic E-state index is 0.168. The molecule has 0 spiro atoms. The second kappa shape index (κ2) is 6.12. The number of ether oxygens (including phenoxy) is 1. The maximum absolute atomic E-state index is 13.0. The van der Waals surface area contributed by atoms with Crippen molar-refractivity contribution >= 4 is 5.65 Å². The van der Waals surface area contributed by atoms with Gasteiger partial charge in [-0.2, -0.15) is 13.2 Å². The van der Waals surface area contributed by atoms with Gasteiger partial charge in [0.05, 0.1) is 35.4 Å². The van der Waals surface area contributed by atoms with Crippen molar-refractivity contribution in [3.05, 3.63) is 54.0 Å². The number of nitrogens with one attached hydrogen (secondary N) is 1. The lowest BCUT2D eigenvalue weighted by Crippen LogP contribution is -2.33. The fourth-order valence-corrected chi connectivity index (χ4v) is 2.87. The highest BCUT2D eigenvalue weighted by atomic mass is 19.4. The highest BCUT2D eigenvalue weighted by Crippen LogP contribution is 2.30. The van der Waals surface area contributed by atoms with Crippen LogP contribution in [0.15, 0.2) is 42.7 Å². The second-order valence-corrected chi connectivity index (χ2v) is 5.80.